The maximum Gasteiger partial charge on any atom is 0.254 e. The Bertz CT molecular complexity index is 1000. The Balaban J connectivity index is 1.57. The number of hydrogen-bond acceptors (Lipinski definition) is 5. The van der Waals surface area contributed by atoms with Crippen LogP contribution in [0.15, 0.2) is 47.0 Å². The van der Waals surface area contributed by atoms with E-state index in [-0.39, 0.29) is 5.56 Å². The predicted molar refractivity (Wildman–Crippen MR) is 95.7 cm³/mol. The molecule has 2 aromatic carbocycles. The molecule has 0 spiro atoms. The van der Waals surface area contributed by atoms with Gasteiger partial charge in [0, 0.05) is 17.7 Å². The number of methoxy groups -OCH3 is 1. The number of amides is 1. The van der Waals surface area contributed by atoms with Crippen molar-refractivity contribution in [3.8, 4) is 17.1 Å². The van der Waals surface area contributed by atoms with Crippen LogP contribution in [0, 0.1) is 11.6 Å². The summed E-state index contributed by atoms with van der Waals surface area (Å²) in [6.45, 7) is 0.475. The van der Waals surface area contributed by atoms with Crippen LogP contribution in [0.5, 0.6) is 5.75 Å². The molecule has 1 amide bonds. The summed E-state index contributed by atoms with van der Waals surface area (Å²) >= 11 is 0. The second-order valence-electron chi connectivity index (χ2n) is 6.47. The number of ether oxygens (including phenoxy) is 1. The molecule has 0 saturated carbocycles. The first-order valence-electron chi connectivity index (χ1n) is 8.81. The summed E-state index contributed by atoms with van der Waals surface area (Å²) < 4.78 is 37.2. The van der Waals surface area contributed by atoms with Gasteiger partial charge in [-0.15, -0.1) is 0 Å². The molecule has 1 aliphatic rings. The summed E-state index contributed by atoms with van der Waals surface area (Å²) in [6.07, 6.45) is 1.40. The third kappa shape index (κ3) is 3.33. The van der Waals surface area contributed by atoms with Gasteiger partial charge >= 0.3 is 0 Å². The Kier molecular flexibility index (Phi) is 4.77. The van der Waals surface area contributed by atoms with Crippen LogP contribution in [0.2, 0.25) is 0 Å². The lowest BCUT2D eigenvalue weighted by molar-refractivity contribution is 0.0709. The standard InChI is InChI=1S/C20H17F2N3O3/c1-27-14-7-4-12(5-8-14)18-23-19(28-24-18)17-3-2-10-25(17)20(26)13-6-9-15(21)16(22)11-13/h4-9,11,17H,2-3,10H2,1H3/t17-/m0/s1. The second kappa shape index (κ2) is 7.38. The molecule has 4 rings (SSSR count). The molecule has 0 unspecified atom stereocenters. The second-order valence-corrected chi connectivity index (χ2v) is 6.47. The minimum Gasteiger partial charge on any atom is -0.497 e. The van der Waals surface area contributed by atoms with Gasteiger partial charge in [0.05, 0.1) is 7.11 Å². The average molecular weight is 385 g/mol. The fourth-order valence-electron chi connectivity index (χ4n) is 3.29. The number of hydrogen-bond donors (Lipinski definition) is 0. The molecule has 1 saturated heterocycles. The van der Waals surface area contributed by atoms with Crippen molar-refractivity contribution in [2.24, 2.45) is 0 Å². The number of nitrogens with zero attached hydrogens (tertiary/aromatic N) is 3. The summed E-state index contributed by atoms with van der Waals surface area (Å²) in [5.74, 6) is -1.00. The first kappa shape index (κ1) is 18.1. The summed E-state index contributed by atoms with van der Waals surface area (Å²) in [7, 11) is 1.58. The Morgan fingerprint density at radius 3 is 2.68 bits per heavy atom. The zero-order valence-electron chi connectivity index (χ0n) is 15.1. The number of likely N-dealkylation sites (tertiary alicyclic amines) is 1. The summed E-state index contributed by atoms with van der Waals surface area (Å²) in [6, 6.07) is 9.93. The highest BCUT2D eigenvalue weighted by Gasteiger charge is 2.34. The van der Waals surface area contributed by atoms with Crippen molar-refractivity contribution >= 4 is 5.91 Å². The number of rotatable bonds is 4. The maximum absolute atomic E-state index is 13.5. The quantitative estimate of drug-likeness (QED) is 0.679. The van der Waals surface area contributed by atoms with E-state index in [0.717, 1.165) is 24.1 Å². The maximum atomic E-state index is 13.5. The van der Waals surface area contributed by atoms with Gasteiger partial charge in [0.25, 0.3) is 5.91 Å². The Morgan fingerprint density at radius 1 is 1.18 bits per heavy atom. The van der Waals surface area contributed by atoms with Gasteiger partial charge in [-0.3, -0.25) is 4.79 Å². The van der Waals surface area contributed by atoms with Crippen LogP contribution in [0.1, 0.15) is 35.1 Å². The lowest BCUT2D eigenvalue weighted by Gasteiger charge is -2.21. The first-order chi connectivity index (χ1) is 13.6. The Labute approximate surface area is 159 Å². The van der Waals surface area contributed by atoms with Crippen LogP contribution >= 0.6 is 0 Å². The summed E-state index contributed by atoms with van der Waals surface area (Å²) in [5.41, 5.74) is 0.841. The number of benzene rings is 2. The van der Waals surface area contributed by atoms with E-state index in [1.807, 2.05) is 12.1 Å². The predicted octanol–water partition coefficient (Wildman–Crippen LogP) is 4.00. The number of aromatic nitrogens is 2. The van der Waals surface area contributed by atoms with Crippen LogP contribution in [0.3, 0.4) is 0 Å². The van der Waals surface area contributed by atoms with Crippen LogP contribution in [0.25, 0.3) is 11.4 Å². The highest BCUT2D eigenvalue weighted by Crippen LogP contribution is 2.33. The smallest absolute Gasteiger partial charge is 0.254 e. The molecule has 0 radical (unpaired) electrons. The first-order valence-corrected chi connectivity index (χ1v) is 8.81. The van der Waals surface area contributed by atoms with E-state index in [0.29, 0.717) is 30.4 Å². The van der Waals surface area contributed by atoms with Crippen molar-refractivity contribution < 1.29 is 22.8 Å². The zero-order valence-corrected chi connectivity index (χ0v) is 15.1. The molecule has 3 aromatic rings. The van der Waals surface area contributed by atoms with Gasteiger partial charge in [0.15, 0.2) is 11.6 Å². The molecule has 1 fully saturated rings. The van der Waals surface area contributed by atoms with Crippen molar-refractivity contribution in [2.45, 2.75) is 18.9 Å². The molecule has 28 heavy (non-hydrogen) atoms. The number of carbonyl (C=O) groups is 1. The third-order valence-electron chi connectivity index (χ3n) is 4.76. The van der Waals surface area contributed by atoms with Gasteiger partial charge in [-0.05, 0) is 55.3 Å². The summed E-state index contributed by atoms with van der Waals surface area (Å²) in [4.78, 5) is 18.8. The molecule has 6 nitrogen and oxygen atoms in total. The van der Waals surface area contributed by atoms with E-state index >= 15 is 0 Å². The lowest BCUT2D eigenvalue weighted by atomic mass is 10.1. The van der Waals surface area contributed by atoms with Gasteiger partial charge in [-0.2, -0.15) is 4.98 Å². The molecule has 144 valence electrons. The van der Waals surface area contributed by atoms with Crippen molar-refractivity contribution in [3.05, 3.63) is 65.6 Å². The van der Waals surface area contributed by atoms with Gasteiger partial charge in [0.2, 0.25) is 11.7 Å². The molecule has 2 heterocycles. The minimum absolute atomic E-state index is 0.0840. The van der Waals surface area contributed by atoms with Gasteiger partial charge in [-0.25, -0.2) is 8.78 Å². The van der Waals surface area contributed by atoms with Crippen LogP contribution in [-0.2, 0) is 0 Å². The molecule has 1 aromatic heterocycles. The van der Waals surface area contributed by atoms with E-state index in [1.165, 1.54) is 6.07 Å². The fourth-order valence-corrected chi connectivity index (χ4v) is 3.29. The average Bonchev–Trinajstić information content (AvgIpc) is 3.39. The van der Waals surface area contributed by atoms with E-state index in [1.54, 1.807) is 24.1 Å². The molecule has 8 heteroatoms. The molecular weight excluding hydrogens is 368 g/mol. The SMILES string of the molecule is COc1ccc(-c2noc([C@@H]3CCCN3C(=O)c3ccc(F)c(F)c3)n2)cc1. The number of halogens is 2. The topological polar surface area (TPSA) is 68.5 Å². The normalized spacial score (nSPS) is 16.4. The fraction of sp³-hybridized carbons (Fsp3) is 0.250. The molecule has 0 aliphatic carbocycles. The highest BCUT2D eigenvalue weighted by molar-refractivity contribution is 5.94. The largest absolute Gasteiger partial charge is 0.497 e. The minimum atomic E-state index is -1.05. The zero-order chi connectivity index (χ0) is 19.7. The van der Waals surface area contributed by atoms with Crippen molar-refractivity contribution in [1.82, 2.24) is 15.0 Å². The van der Waals surface area contributed by atoms with Gasteiger partial charge in [-0.1, -0.05) is 5.16 Å². The molecular formula is C20H17F2N3O3. The van der Waals surface area contributed by atoms with Gasteiger partial charge in [0.1, 0.15) is 11.8 Å². The Hall–Kier alpha value is -3.29. The van der Waals surface area contributed by atoms with E-state index in [2.05, 4.69) is 10.1 Å². The van der Waals surface area contributed by atoms with Crippen LogP contribution < -0.4 is 4.74 Å². The number of carbonyl (C=O) groups excluding carboxylic acids is 1. The van der Waals surface area contributed by atoms with Crippen LogP contribution in [0.4, 0.5) is 8.78 Å². The Morgan fingerprint density at radius 2 is 1.96 bits per heavy atom. The highest BCUT2D eigenvalue weighted by atomic mass is 19.2. The molecule has 0 bridgehead atoms. The lowest BCUT2D eigenvalue weighted by Crippen LogP contribution is -2.30. The van der Waals surface area contributed by atoms with Crippen molar-refractivity contribution in [2.75, 3.05) is 13.7 Å². The van der Waals surface area contributed by atoms with E-state index < -0.39 is 23.6 Å². The molecule has 1 aliphatic heterocycles. The molecule has 1 atom stereocenters. The van der Waals surface area contributed by atoms with Crippen molar-refractivity contribution in [1.29, 1.82) is 0 Å². The van der Waals surface area contributed by atoms with Crippen LogP contribution in [-0.4, -0.2) is 34.6 Å². The summed E-state index contributed by atoms with van der Waals surface area (Å²) in [5, 5.41) is 4.00. The monoisotopic (exact) mass is 385 g/mol. The molecule has 0 N–H and O–H groups in total. The van der Waals surface area contributed by atoms with Crippen molar-refractivity contribution in [3.63, 3.8) is 0 Å². The van der Waals surface area contributed by atoms with Gasteiger partial charge < -0.3 is 14.2 Å². The van der Waals surface area contributed by atoms with E-state index in [9.17, 15) is 13.6 Å². The third-order valence-corrected chi connectivity index (χ3v) is 4.76. The van der Waals surface area contributed by atoms with E-state index in [4.69, 9.17) is 9.26 Å².